The van der Waals surface area contributed by atoms with Crippen LogP contribution in [0.2, 0.25) is 0 Å². The summed E-state index contributed by atoms with van der Waals surface area (Å²) in [6.45, 7) is 1.87. The van der Waals surface area contributed by atoms with Crippen molar-refractivity contribution in [1.82, 2.24) is 10.3 Å². The Kier molecular flexibility index (Phi) is 4.59. The van der Waals surface area contributed by atoms with E-state index in [9.17, 15) is 18.0 Å². The normalized spacial score (nSPS) is 12.2. The molecule has 0 radical (unpaired) electrons. The van der Waals surface area contributed by atoms with Gasteiger partial charge in [0.05, 0.1) is 5.69 Å². The number of hydrogen-bond donors (Lipinski definition) is 2. The van der Waals surface area contributed by atoms with Crippen LogP contribution in [0.15, 0.2) is 17.5 Å². The number of hydrogen-bond acceptors (Lipinski definition) is 4. The average molecular weight is 315 g/mol. The fourth-order valence-electron chi connectivity index (χ4n) is 1.61. The molecule has 1 heterocycles. The molecule has 0 fully saturated rings. The quantitative estimate of drug-likeness (QED) is 0.911. The van der Waals surface area contributed by atoms with E-state index in [2.05, 4.69) is 15.6 Å². The highest BCUT2D eigenvalue weighted by Gasteiger charge is 2.20. The molecular weight excluding hydrogens is 303 g/mol. The maximum Gasteiger partial charge on any atom is 0.263 e. The molecule has 0 aliphatic carbocycles. The van der Waals surface area contributed by atoms with Crippen LogP contribution >= 0.6 is 11.3 Å². The van der Waals surface area contributed by atoms with Crippen LogP contribution in [-0.2, 0) is 0 Å². The van der Waals surface area contributed by atoms with Crippen LogP contribution in [0, 0.1) is 17.5 Å². The molecule has 1 amide bonds. The van der Waals surface area contributed by atoms with Crippen molar-refractivity contribution in [3.63, 3.8) is 0 Å². The monoisotopic (exact) mass is 315 g/mol. The highest BCUT2D eigenvalue weighted by molar-refractivity contribution is 7.14. The first-order chi connectivity index (χ1) is 9.92. The highest BCUT2D eigenvalue weighted by Crippen LogP contribution is 2.22. The van der Waals surface area contributed by atoms with Crippen LogP contribution in [0.5, 0.6) is 0 Å². The minimum atomic E-state index is -1.26. The van der Waals surface area contributed by atoms with Gasteiger partial charge in [0, 0.05) is 23.6 Å². The molecule has 2 rings (SSSR count). The number of nitrogens with zero attached hydrogens (tertiary/aromatic N) is 1. The highest BCUT2D eigenvalue weighted by atomic mass is 32.1. The van der Waals surface area contributed by atoms with Crippen molar-refractivity contribution in [1.29, 1.82) is 0 Å². The summed E-state index contributed by atoms with van der Waals surface area (Å²) in [7, 11) is 1.76. The summed E-state index contributed by atoms with van der Waals surface area (Å²) in [5.41, 5.74) is -0.146. The summed E-state index contributed by atoms with van der Waals surface area (Å²) in [5, 5.41) is 7.20. The lowest BCUT2D eigenvalue weighted by molar-refractivity contribution is 0.101. The molecular formula is C13H12F3N3OS. The molecule has 1 aromatic heterocycles. The SMILES string of the molecule is CNC(C)c1csc(NC(=O)c2c(F)cc(F)cc2F)n1. The third kappa shape index (κ3) is 3.40. The molecule has 1 aromatic carbocycles. The summed E-state index contributed by atoms with van der Waals surface area (Å²) >= 11 is 1.13. The third-order valence-corrected chi connectivity index (χ3v) is 3.63. The van der Waals surface area contributed by atoms with Gasteiger partial charge in [-0.05, 0) is 14.0 Å². The van der Waals surface area contributed by atoms with Gasteiger partial charge in [-0.2, -0.15) is 0 Å². The second kappa shape index (κ2) is 6.23. The standard InChI is InChI=1S/C13H12F3N3OS/c1-6(17-2)10-5-21-13(18-10)19-12(20)11-8(15)3-7(14)4-9(11)16/h3-6,17H,1-2H3,(H,18,19,20). The maximum atomic E-state index is 13.5. The molecule has 0 saturated heterocycles. The summed E-state index contributed by atoms with van der Waals surface area (Å²) in [5.74, 6) is -4.61. The van der Waals surface area contributed by atoms with Crippen molar-refractivity contribution in [2.75, 3.05) is 12.4 Å². The van der Waals surface area contributed by atoms with E-state index in [0.717, 1.165) is 11.3 Å². The molecule has 4 nitrogen and oxygen atoms in total. The van der Waals surface area contributed by atoms with Crippen molar-refractivity contribution in [2.24, 2.45) is 0 Å². The smallest absolute Gasteiger partial charge is 0.263 e. The van der Waals surface area contributed by atoms with Crippen molar-refractivity contribution in [2.45, 2.75) is 13.0 Å². The molecule has 8 heteroatoms. The van der Waals surface area contributed by atoms with Gasteiger partial charge in [0.2, 0.25) is 0 Å². The Morgan fingerprint density at radius 2 is 1.90 bits per heavy atom. The van der Waals surface area contributed by atoms with Crippen molar-refractivity contribution < 1.29 is 18.0 Å². The first kappa shape index (κ1) is 15.5. The number of anilines is 1. The van der Waals surface area contributed by atoms with E-state index in [1.54, 1.807) is 12.4 Å². The van der Waals surface area contributed by atoms with Crippen LogP contribution in [0.3, 0.4) is 0 Å². The van der Waals surface area contributed by atoms with Gasteiger partial charge in [0.1, 0.15) is 23.0 Å². The molecule has 1 unspecified atom stereocenters. The van der Waals surface area contributed by atoms with E-state index < -0.39 is 28.9 Å². The predicted octanol–water partition coefficient (Wildman–Crippen LogP) is 3.09. The summed E-state index contributed by atoms with van der Waals surface area (Å²) in [6, 6.07) is 0.883. The predicted molar refractivity (Wildman–Crippen MR) is 73.9 cm³/mol. The molecule has 0 spiro atoms. The van der Waals surface area contributed by atoms with Gasteiger partial charge in [0.25, 0.3) is 5.91 Å². The van der Waals surface area contributed by atoms with Crippen LogP contribution in [-0.4, -0.2) is 17.9 Å². The Labute approximate surface area is 123 Å². The fourth-order valence-corrected chi connectivity index (χ4v) is 2.41. The number of carbonyl (C=O) groups is 1. The van der Waals surface area contributed by atoms with E-state index in [1.807, 2.05) is 6.92 Å². The number of halogens is 3. The lowest BCUT2D eigenvalue weighted by Gasteiger charge is -2.06. The first-order valence-electron chi connectivity index (χ1n) is 6.01. The largest absolute Gasteiger partial charge is 0.312 e. The zero-order chi connectivity index (χ0) is 15.6. The zero-order valence-corrected chi connectivity index (χ0v) is 12.0. The van der Waals surface area contributed by atoms with Crippen molar-refractivity contribution in [3.8, 4) is 0 Å². The van der Waals surface area contributed by atoms with E-state index >= 15 is 0 Å². The van der Waals surface area contributed by atoms with Crippen LogP contribution < -0.4 is 10.6 Å². The molecule has 112 valence electrons. The van der Waals surface area contributed by atoms with Gasteiger partial charge in [-0.1, -0.05) is 0 Å². The number of nitrogens with one attached hydrogen (secondary N) is 2. The lowest BCUT2D eigenvalue weighted by Crippen LogP contribution is -2.17. The Bertz CT molecular complexity index is 651. The van der Waals surface area contributed by atoms with Gasteiger partial charge in [-0.15, -0.1) is 11.3 Å². The average Bonchev–Trinajstić information content (AvgIpc) is 2.85. The van der Waals surface area contributed by atoms with Gasteiger partial charge in [-0.3, -0.25) is 10.1 Å². The number of thiazole rings is 1. The fraction of sp³-hybridized carbons (Fsp3) is 0.231. The Morgan fingerprint density at radius 3 is 2.48 bits per heavy atom. The van der Waals surface area contributed by atoms with Gasteiger partial charge >= 0.3 is 0 Å². The topological polar surface area (TPSA) is 54.0 Å². The summed E-state index contributed by atoms with van der Waals surface area (Å²) < 4.78 is 39.8. The third-order valence-electron chi connectivity index (χ3n) is 2.85. The van der Waals surface area contributed by atoms with Gasteiger partial charge in [-0.25, -0.2) is 18.2 Å². The number of benzene rings is 1. The van der Waals surface area contributed by atoms with Crippen molar-refractivity contribution in [3.05, 3.63) is 46.2 Å². The molecule has 21 heavy (non-hydrogen) atoms. The molecule has 2 N–H and O–H groups in total. The van der Waals surface area contributed by atoms with Crippen LogP contribution in [0.1, 0.15) is 29.0 Å². The summed E-state index contributed by atoms with van der Waals surface area (Å²) in [6.07, 6.45) is 0. The second-order valence-electron chi connectivity index (χ2n) is 4.29. The molecule has 1 atom stereocenters. The number of amides is 1. The Balaban J connectivity index is 2.21. The molecule has 0 bridgehead atoms. The zero-order valence-electron chi connectivity index (χ0n) is 11.2. The minimum Gasteiger partial charge on any atom is -0.312 e. The van der Waals surface area contributed by atoms with E-state index in [0.29, 0.717) is 17.8 Å². The number of rotatable bonds is 4. The van der Waals surface area contributed by atoms with Crippen molar-refractivity contribution >= 4 is 22.4 Å². The van der Waals surface area contributed by atoms with E-state index in [-0.39, 0.29) is 11.2 Å². The van der Waals surface area contributed by atoms with Crippen LogP contribution in [0.4, 0.5) is 18.3 Å². The number of carbonyl (C=O) groups excluding carboxylic acids is 1. The Hall–Kier alpha value is -1.93. The molecule has 2 aromatic rings. The van der Waals surface area contributed by atoms with Crippen LogP contribution in [0.25, 0.3) is 0 Å². The lowest BCUT2D eigenvalue weighted by atomic mass is 10.2. The molecule has 0 saturated carbocycles. The van der Waals surface area contributed by atoms with Gasteiger partial charge < -0.3 is 5.32 Å². The molecule has 0 aliphatic rings. The first-order valence-corrected chi connectivity index (χ1v) is 6.89. The second-order valence-corrected chi connectivity index (χ2v) is 5.14. The minimum absolute atomic E-state index is 0.0220. The maximum absolute atomic E-state index is 13.5. The summed E-state index contributed by atoms with van der Waals surface area (Å²) in [4.78, 5) is 16.0. The van der Waals surface area contributed by atoms with E-state index in [4.69, 9.17) is 0 Å². The van der Waals surface area contributed by atoms with E-state index in [1.165, 1.54) is 0 Å². The Morgan fingerprint density at radius 1 is 1.29 bits per heavy atom. The number of aromatic nitrogens is 1. The molecule has 0 aliphatic heterocycles. The van der Waals surface area contributed by atoms with Gasteiger partial charge in [0.15, 0.2) is 5.13 Å².